The maximum Gasteiger partial charge on any atom is 0.289 e. The summed E-state index contributed by atoms with van der Waals surface area (Å²) in [6, 6.07) is 15.6. The fourth-order valence-corrected chi connectivity index (χ4v) is 3.72. The van der Waals surface area contributed by atoms with Gasteiger partial charge in [-0.05, 0) is 53.2 Å². The molecule has 1 saturated heterocycles. The van der Waals surface area contributed by atoms with Crippen molar-refractivity contribution in [1.82, 2.24) is 15.1 Å². The van der Waals surface area contributed by atoms with Crippen molar-refractivity contribution in [2.75, 3.05) is 7.05 Å². The van der Waals surface area contributed by atoms with Gasteiger partial charge >= 0.3 is 0 Å². The molecule has 3 aromatic rings. The third-order valence-electron chi connectivity index (χ3n) is 4.15. The molecular weight excluding hydrogens is 358 g/mol. The lowest BCUT2D eigenvalue weighted by Crippen LogP contribution is -2.18. The van der Waals surface area contributed by atoms with Gasteiger partial charge in [-0.1, -0.05) is 18.2 Å². The molecule has 0 saturated carbocycles. The molecule has 2 heterocycles. The highest BCUT2D eigenvalue weighted by atomic mass is 32.2. The van der Waals surface area contributed by atoms with Gasteiger partial charge in [0.15, 0.2) is 0 Å². The normalized spacial score (nSPS) is 16.8. The number of amidine groups is 1. The zero-order valence-corrected chi connectivity index (χ0v) is 15.3. The fourth-order valence-electron chi connectivity index (χ4n) is 2.94. The van der Waals surface area contributed by atoms with Gasteiger partial charge in [0.2, 0.25) is 0 Å². The summed E-state index contributed by atoms with van der Waals surface area (Å²) in [5.41, 5.74) is 3.54. The molecule has 1 aliphatic heterocycles. The lowest BCUT2D eigenvalue weighted by molar-refractivity contribution is 0.265. The van der Waals surface area contributed by atoms with Crippen LogP contribution in [-0.4, -0.2) is 27.9 Å². The van der Waals surface area contributed by atoms with E-state index in [1.54, 1.807) is 13.1 Å². The lowest BCUT2D eigenvalue weighted by atomic mass is 10.1. The Morgan fingerprint density at radius 1 is 1.33 bits per heavy atom. The number of rotatable bonds is 3. The molecule has 6 nitrogen and oxygen atoms in total. The maximum absolute atomic E-state index is 11.5. The molecule has 7 heteroatoms. The van der Waals surface area contributed by atoms with Gasteiger partial charge in [0.05, 0.1) is 28.6 Å². The summed E-state index contributed by atoms with van der Waals surface area (Å²) in [6.45, 7) is 0.599. The van der Waals surface area contributed by atoms with Crippen LogP contribution in [0.5, 0.6) is 0 Å². The van der Waals surface area contributed by atoms with Crippen LogP contribution in [0.4, 0.5) is 4.79 Å². The quantitative estimate of drug-likeness (QED) is 0.757. The van der Waals surface area contributed by atoms with Crippen molar-refractivity contribution in [1.29, 1.82) is 5.26 Å². The molecule has 1 aliphatic rings. The number of nitriles is 1. The van der Waals surface area contributed by atoms with Crippen molar-refractivity contribution >= 4 is 39.8 Å². The number of fused-ring (bicyclic) bond motifs is 1. The zero-order chi connectivity index (χ0) is 18.8. The Morgan fingerprint density at radius 2 is 2.22 bits per heavy atom. The van der Waals surface area contributed by atoms with E-state index in [-0.39, 0.29) is 5.24 Å². The molecule has 1 N–H and O–H groups in total. The molecule has 1 aromatic heterocycles. The third kappa shape index (κ3) is 3.61. The van der Waals surface area contributed by atoms with Crippen molar-refractivity contribution in [3.05, 3.63) is 70.3 Å². The standard InChI is InChI=1S/C20H15N5OS/c1-22-19-18(27-20(26)23-19)9-13-5-6-17-16(8-13)12-25(24-17)11-15-4-2-3-14(7-15)10-21/h2-9,12H,11H2,1H3,(H,22,23,26)/b18-9-. The minimum Gasteiger partial charge on any atom is -0.300 e. The summed E-state index contributed by atoms with van der Waals surface area (Å²) < 4.78 is 1.87. The van der Waals surface area contributed by atoms with E-state index in [9.17, 15) is 4.79 Å². The molecule has 0 bridgehead atoms. The van der Waals surface area contributed by atoms with Gasteiger partial charge in [-0.2, -0.15) is 10.4 Å². The molecule has 0 radical (unpaired) electrons. The predicted molar refractivity (Wildman–Crippen MR) is 107 cm³/mol. The Kier molecular flexibility index (Phi) is 4.48. The number of benzene rings is 2. The smallest absolute Gasteiger partial charge is 0.289 e. The molecule has 1 amide bonds. The summed E-state index contributed by atoms with van der Waals surface area (Å²) in [7, 11) is 1.66. The summed E-state index contributed by atoms with van der Waals surface area (Å²) in [6.07, 6.45) is 3.93. The van der Waals surface area contributed by atoms with E-state index >= 15 is 0 Å². The highest BCUT2D eigenvalue weighted by Crippen LogP contribution is 2.27. The number of carbonyl (C=O) groups is 1. The largest absolute Gasteiger partial charge is 0.300 e. The molecule has 0 atom stereocenters. The molecule has 2 aromatic carbocycles. The van der Waals surface area contributed by atoms with Gasteiger partial charge < -0.3 is 5.32 Å². The van der Waals surface area contributed by atoms with E-state index in [0.29, 0.717) is 17.9 Å². The fraction of sp³-hybridized carbons (Fsp3) is 0.100. The molecule has 0 spiro atoms. The van der Waals surface area contributed by atoms with E-state index in [1.165, 1.54) is 0 Å². The second-order valence-corrected chi connectivity index (χ2v) is 7.07. The molecule has 0 unspecified atom stereocenters. The van der Waals surface area contributed by atoms with Crippen LogP contribution in [0.25, 0.3) is 17.0 Å². The van der Waals surface area contributed by atoms with Crippen molar-refractivity contribution in [3.8, 4) is 6.07 Å². The average Bonchev–Trinajstić information content (AvgIpc) is 3.23. The second-order valence-electron chi connectivity index (χ2n) is 6.05. The summed E-state index contributed by atoms with van der Waals surface area (Å²) in [4.78, 5) is 16.5. The number of hydrogen-bond acceptors (Lipinski definition) is 5. The predicted octanol–water partition coefficient (Wildman–Crippen LogP) is 3.78. The van der Waals surface area contributed by atoms with E-state index in [4.69, 9.17) is 5.26 Å². The minimum absolute atomic E-state index is 0.115. The van der Waals surface area contributed by atoms with Gasteiger partial charge in [-0.3, -0.25) is 14.5 Å². The number of hydrogen-bond donors (Lipinski definition) is 1. The third-order valence-corrected chi connectivity index (χ3v) is 4.97. The van der Waals surface area contributed by atoms with Crippen LogP contribution in [0, 0.1) is 11.3 Å². The van der Waals surface area contributed by atoms with Gasteiger partial charge in [-0.15, -0.1) is 0 Å². The molecule has 4 rings (SSSR count). The van der Waals surface area contributed by atoms with Crippen molar-refractivity contribution in [3.63, 3.8) is 0 Å². The first kappa shape index (κ1) is 17.1. The average molecular weight is 373 g/mol. The minimum atomic E-state index is -0.115. The van der Waals surface area contributed by atoms with Crippen LogP contribution >= 0.6 is 11.8 Å². The number of aromatic nitrogens is 2. The topological polar surface area (TPSA) is 83.1 Å². The molecule has 132 valence electrons. The van der Waals surface area contributed by atoms with Gasteiger partial charge in [-0.25, -0.2) is 0 Å². The first-order valence-corrected chi connectivity index (χ1v) is 9.10. The number of aliphatic imine (C=N–C) groups is 1. The SMILES string of the molecule is CN=C1NC(=O)S/C1=C\c1ccc2nn(Cc3cccc(C#N)c3)cc2c1. The first-order chi connectivity index (χ1) is 13.1. The van der Waals surface area contributed by atoms with Crippen LogP contribution in [0.15, 0.2) is 58.6 Å². The van der Waals surface area contributed by atoms with Crippen LogP contribution in [0.1, 0.15) is 16.7 Å². The Labute approximate surface area is 160 Å². The first-order valence-electron chi connectivity index (χ1n) is 8.28. The summed E-state index contributed by atoms with van der Waals surface area (Å²) >= 11 is 1.14. The van der Waals surface area contributed by atoms with Gasteiger partial charge in [0.25, 0.3) is 5.24 Å². The van der Waals surface area contributed by atoms with Crippen LogP contribution in [0.3, 0.4) is 0 Å². The second kappa shape index (κ2) is 7.09. The van der Waals surface area contributed by atoms with E-state index in [2.05, 4.69) is 21.5 Å². The van der Waals surface area contributed by atoms with Crippen LogP contribution in [0.2, 0.25) is 0 Å². The van der Waals surface area contributed by atoms with Gasteiger partial charge in [0, 0.05) is 18.6 Å². The van der Waals surface area contributed by atoms with Crippen molar-refractivity contribution in [2.45, 2.75) is 6.54 Å². The van der Waals surface area contributed by atoms with E-state index in [1.807, 2.05) is 53.4 Å². The molecule has 27 heavy (non-hydrogen) atoms. The number of nitrogens with one attached hydrogen (secondary N) is 1. The molecule has 0 aliphatic carbocycles. The van der Waals surface area contributed by atoms with Gasteiger partial charge in [0.1, 0.15) is 5.84 Å². The summed E-state index contributed by atoms with van der Waals surface area (Å²) in [5, 5.41) is 17.2. The van der Waals surface area contributed by atoms with E-state index in [0.717, 1.165) is 38.7 Å². The van der Waals surface area contributed by atoms with Crippen LogP contribution < -0.4 is 5.32 Å². The Bertz CT molecular complexity index is 1150. The number of carbonyl (C=O) groups excluding carboxylic acids is 1. The monoisotopic (exact) mass is 373 g/mol. The highest BCUT2D eigenvalue weighted by molar-refractivity contribution is 8.18. The Morgan fingerprint density at radius 3 is 3.04 bits per heavy atom. The Balaban J connectivity index is 1.62. The zero-order valence-electron chi connectivity index (χ0n) is 14.5. The van der Waals surface area contributed by atoms with Crippen molar-refractivity contribution in [2.24, 2.45) is 4.99 Å². The number of amides is 1. The highest BCUT2D eigenvalue weighted by Gasteiger charge is 2.22. The lowest BCUT2D eigenvalue weighted by Gasteiger charge is -2.01. The van der Waals surface area contributed by atoms with Crippen molar-refractivity contribution < 1.29 is 4.79 Å². The van der Waals surface area contributed by atoms with Crippen LogP contribution in [-0.2, 0) is 6.54 Å². The van der Waals surface area contributed by atoms with E-state index < -0.39 is 0 Å². The maximum atomic E-state index is 11.5. The number of nitrogens with zero attached hydrogens (tertiary/aromatic N) is 4. The Hall–Kier alpha value is -3.37. The molecule has 1 fully saturated rings. The summed E-state index contributed by atoms with van der Waals surface area (Å²) in [5.74, 6) is 0.596. The molecular formula is C20H15N5OS. The number of thioether (sulfide) groups is 1.